The molecule has 0 saturated carbocycles. The second kappa shape index (κ2) is 8.09. The number of carbonyl (C=O) groups is 1. The molecule has 5 rings (SSSR count). The first kappa shape index (κ1) is 20.7. The van der Waals surface area contributed by atoms with Crippen LogP contribution >= 0.6 is 0 Å². The van der Waals surface area contributed by atoms with Crippen LogP contribution in [0.15, 0.2) is 58.2 Å². The fraction of sp³-hybridized carbons (Fsp3) is 0.250. The van der Waals surface area contributed by atoms with Crippen molar-refractivity contribution < 1.29 is 33.3 Å². The van der Waals surface area contributed by atoms with Gasteiger partial charge in [-0.2, -0.15) is 5.10 Å². The lowest BCUT2D eigenvalue weighted by atomic mass is 9.95. The number of furan rings is 1. The topological polar surface area (TPSA) is 103 Å². The van der Waals surface area contributed by atoms with Gasteiger partial charge in [0.1, 0.15) is 17.0 Å². The van der Waals surface area contributed by atoms with Crippen LogP contribution in [0.4, 0.5) is 0 Å². The van der Waals surface area contributed by atoms with Crippen LogP contribution in [0.2, 0.25) is 0 Å². The van der Waals surface area contributed by atoms with Gasteiger partial charge in [-0.15, -0.1) is 0 Å². The van der Waals surface area contributed by atoms with E-state index in [9.17, 15) is 9.90 Å². The number of carboxylic acid groups (broad SMARTS) is 1. The zero-order chi connectivity index (χ0) is 23.1. The molecule has 2 aliphatic heterocycles. The van der Waals surface area contributed by atoms with Gasteiger partial charge in [-0.05, 0) is 30.3 Å². The van der Waals surface area contributed by atoms with Crippen molar-refractivity contribution in [3.63, 3.8) is 0 Å². The van der Waals surface area contributed by atoms with Crippen LogP contribution in [0.25, 0.3) is 0 Å². The number of aromatic carboxylic acids is 1. The minimum Gasteiger partial charge on any atom is -0.493 e. The zero-order valence-electron chi connectivity index (χ0n) is 18.3. The molecule has 9 heteroatoms. The standard InChI is InChI=1S/C24H22N2O7/c1-29-18-7-4-6-13-16-12-15(17-8-5-11-32-17)25-26(16)23(33-21(13)18)14-9-10-19(30-2)22(31-3)20(14)24(27)28/h4-11,16,23H,12H2,1-3H3,(H,27,28). The Morgan fingerprint density at radius 3 is 2.52 bits per heavy atom. The maximum atomic E-state index is 12.3. The van der Waals surface area contributed by atoms with E-state index in [0.717, 1.165) is 11.3 Å². The fourth-order valence-electron chi connectivity index (χ4n) is 4.41. The molecule has 0 amide bonds. The normalized spacial score (nSPS) is 18.6. The maximum absolute atomic E-state index is 12.3. The highest BCUT2D eigenvalue weighted by atomic mass is 16.5. The van der Waals surface area contributed by atoms with Crippen LogP contribution in [0.3, 0.4) is 0 Å². The van der Waals surface area contributed by atoms with E-state index in [1.54, 1.807) is 36.6 Å². The van der Waals surface area contributed by atoms with Gasteiger partial charge in [-0.25, -0.2) is 9.80 Å². The van der Waals surface area contributed by atoms with Crippen LogP contribution < -0.4 is 18.9 Å². The number of rotatable bonds is 6. The number of para-hydroxylation sites is 1. The zero-order valence-corrected chi connectivity index (χ0v) is 18.3. The SMILES string of the molecule is COc1cccc2c1OC(c1ccc(OC)c(OC)c1C(=O)O)N1N=C(c3ccco3)CC21. The van der Waals surface area contributed by atoms with Crippen molar-refractivity contribution in [2.45, 2.75) is 18.7 Å². The quantitative estimate of drug-likeness (QED) is 0.595. The molecule has 0 saturated heterocycles. The number of ether oxygens (including phenoxy) is 4. The molecular formula is C24H22N2O7. The average molecular weight is 450 g/mol. The average Bonchev–Trinajstić information content (AvgIpc) is 3.52. The van der Waals surface area contributed by atoms with Gasteiger partial charge in [0.25, 0.3) is 0 Å². The van der Waals surface area contributed by atoms with Gasteiger partial charge in [0.2, 0.25) is 6.23 Å². The minimum absolute atomic E-state index is 0.0550. The van der Waals surface area contributed by atoms with E-state index < -0.39 is 12.2 Å². The number of hydrogen-bond acceptors (Lipinski definition) is 8. The second-order valence-electron chi connectivity index (χ2n) is 7.54. The molecule has 2 unspecified atom stereocenters. The summed E-state index contributed by atoms with van der Waals surface area (Å²) >= 11 is 0. The lowest BCUT2D eigenvalue weighted by molar-refractivity contribution is -0.0217. The molecule has 0 fully saturated rings. The number of hydrazone groups is 1. The van der Waals surface area contributed by atoms with E-state index in [0.29, 0.717) is 35.0 Å². The van der Waals surface area contributed by atoms with Gasteiger partial charge >= 0.3 is 5.97 Å². The summed E-state index contributed by atoms with van der Waals surface area (Å²) in [5.41, 5.74) is 1.96. The molecule has 0 spiro atoms. The molecule has 1 aromatic heterocycles. The van der Waals surface area contributed by atoms with Crippen LogP contribution in [0.5, 0.6) is 23.0 Å². The van der Waals surface area contributed by atoms with Crippen molar-refractivity contribution in [1.29, 1.82) is 0 Å². The summed E-state index contributed by atoms with van der Waals surface area (Å²) in [6.07, 6.45) is 1.30. The molecule has 2 aliphatic rings. The third kappa shape index (κ3) is 3.24. The van der Waals surface area contributed by atoms with Gasteiger partial charge in [0, 0.05) is 17.5 Å². The highest BCUT2D eigenvalue weighted by molar-refractivity contribution is 5.99. The first-order chi connectivity index (χ1) is 16.1. The highest BCUT2D eigenvalue weighted by Crippen LogP contribution is 2.52. The smallest absolute Gasteiger partial charge is 0.340 e. The number of nitrogens with zero attached hydrogens (tertiary/aromatic N) is 2. The van der Waals surface area contributed by atoms with Gasteiger partial charge in [0.15, 0.2) is 23.0 Å². The molecule has 33 heavy (non-hydrogen) atoms. The van der Waals surface area contributed by atoms with Crippen molar-refractivity contribution in [1.82, 2.24) is 5.01 Å². The molecule has 3 aromatic rings. The van der Waals surface area contributed by atoms with Crippen molar-refractivity contribution in [3.8, 4) is 23.0 Å². The first-order valence-corrected chi connectivity index (χ1v) is 10.3. The second-order valence-corrected chi connectivity index (χ2v) is 7.54. The monoisotopic (exact) mass is 450 g/mol. The summed E-state index contributed by atoms with van der Waals surface area (Å²) in [5.74, 6) is 1.02. The summed E-state index contributed by atoms with van der Waals surface area (Å²) in [6, 6.07) is 12.4. The molecule has 170 valence electrons. The molecule has 3 heterocycles. The predicted octanol–water partition coefficient (Wildman–Crippen LogP) is 4.25. The van der Waals surface area contributed by atoms with Crippen molar-refractivity contribution in [2.24, 2.45) is 5.10 Å². The number of methoxy groups -OCH3 is 3. The summed E-state index contributed by atoms with van der Waals surface area (Å²) in [7, 11) is 4.43. The van der Waals surface area contributed by atoms with E-state index in [1.807, 2.05) is 24.3 Å². The summed E-state index contributed by atoms with van der Waals surface area (Å²) in [6.45, 7) is 0. The van der Waals surface area contributed by atoms with E-state index in [4.69, 9.17) is 28.5 Å². The third-order valence-electron chi connectivity index (χ3n) is 5.86. The van der Waals surface area contributed by atoms with Crippen molar-refractivity contribution in [3.05, 3.63) is 71.2 Å². The molecule has 9 nitrogen and oxygen atoms in total. The minimum atomic E-state index is -1.17. The predicted molar refractivity (Wildman–Crippen MR) is 117 cm³/mol. The summed E-state index contributed by atoms with van der Waals surface area (Å²) < 4.78 is 28.2. The third-order valence-corrected chi connectivity index (χ3v) is 5.86. The number of benzene rings is 2. The highest BCUT2D eigenvalue weighted by Gasteiger charge is 2.44. The Bertz CT molecular complexity index is 1240. The van der Waals surface area contributed by atoms with Gasteiger partial charge in [-0.3, -0.25) is 0 Å². The number of carboxylic acids is 1. The Morgan fingerprint density at radius 1 is 1.03 bits per heavy atom. The number of fused-ring (bicyclic) bond motifs is 3. The van der Waals surface area contributed by atoms with E-state index in [2.05, 4.69) is 0 Å². The van der Waals surface area contributed by atoms with Crippen LogP contribution in [-0.2, 0) is 0 Å². The molecule has 0 radical (unpaired) electrons. The molecular weight excluding hydrogens is 428 g/mol. The fourth-order valence-corrected chi connectivity index (χ4v) is 4.41. The Balaban J connectivity index is 1.71. The first-order valence-electron chi connectivity index (χ1n) is 10.3. The lowest BCUT2D eigenvalue weighted by Gasteiger charge is -2.39. The molecule has 1 N–H and O–H groups in total. The summed E-state index contributed by atoms with van der Waals surface area (Å²) in [5, 5.41) is 16.6. The molecule has 2 aromatic carbocycles. The van der Waals surface area contributed by atoms with Gasteiger partial charge < -0.3 is 28.5 Å². The largest absolute Gasteiger partial charge is 0.493 e. The maximum Gasteiger partial charge on any atom is 0.340 e. The van der Waals surface area contributed by atoms with Crippen LogP contribution in [0.1, 0.15) is 45.9 Å². The Morgan fingerprint density at radius 2 is 1.85 bits per heavy atom. The molecule has 0 bridgehead atoms. The van der Waals surface area contributed by atoms with E-state index in [-0.39, 0.29) is 17.4 Å². The Hall–Kier alpha value is -4.14. The van der Waals surface area contributed by atoms with Gasteiger partial charge in [-0.1, -0.05) is 12.1 Å². The van der Waals surface area contributed by atoms with Crippen LogP contribution in [0, 0.1) is 0 Å². The van der Waals surface area contributed by atoms with Crippen molar-refractivity contribution >= 4 is 11.7 Å². The molecule has 0 aliphatic carbocycles. The van der Waals surface area contributed by atoms with Crippen LogP contribution in [-0.4, -0.2) is 43.1 Å². The van der Waals surface area contributed by atoms with Crippen molar-refractivity contribution in [2.75, 3.05) is 21.3 Å². The van der Waals surface area contributed by atoms with Gasteiger partial charge in [0.05, 0.1) is 33.6 Å². The van der Waals surface area contributed by atoms with E-state index >= 15 is 0 Å². The van der Waals surface area contributed by atoms with E-state index in [1.165, 1.54) is 14.2 Å². The molecule has 2 atom stereocenters. The number of hydrogen-bond donors (Lipinski definition) is 1. The Labute approximate surface area is 189 Å². The summed E-state index contributed by atoms with van der Waals surface area (Å²) in [4.78, 5) is 12.3. The Kier molecular flexibility index (Phi) is 5.08. The lowest BCUT2D eigenvalue weighted by Crippen LogP contribution is -2.35.